The van der Waals surface area contributed by atoms with Gasteiger partial charge in [0.05, 0.1) is 19.9 Å². The van der Waals surface area contributed by atoms with Gasteiger partial charge in [-0.1, -0.05) is 12.1 Å². The highest BCUT2D eigenvalue weighted by molar-refractivity contribution is 7.92. The lowest BCUT2D eigenvalue weighted by Crippen LogP contribution is -2.32. The number of aryl methyl sites for hydroxylation is 2. The SMILES string of the molecule is COc1ccc(CN(c2cccc(F)n2)S(=O)(=O)c2cc(C)c(F)cn2)c(C)c1. The van der Waals surface area contributed by atoms with Crippen LogP contribution in [0.3, 0.4) is 0 Å². The van der Waals surface area contributed by atoms with Crippen LogP contribution in [0.25, 0.3) is 0 Å². The van der Waals surface area contributed by atoms with E-state index in [0.717, 1.165) is 28.2 Å². The predicted molar refractivity (Wildman–Crippen MR) is 104 cm³/mol. The molecule has 6 nitrogen and oxygen atoms in total. The first-order valence-electron chi connectivity index (χ1n) is 8.63. The van der Waals surface area contributed by atoms with Crippen molar-refractivity contribution in [2.75, 3.05) is 11.4 Å². The molecule has 0 amide bonds. The van der Waals surface area contributed by atoms with Crippen molar-refractivity contribution in [3.05, 3.63) is 77.1 Å². The van der Waals surface area contributed by atoms with Crippen LogP contribution in [0.4, 0.5) is 14.6 Å². The average Bonchev–Trinajstić information content (AvgIpc) is 2.68. The first-order chi connectivity index (χ1) is 13.7. The largest absolute Gasteiger partial charge is 0.497 e. The smallest absolute Gasteiger partial charge is 0.283 e. The van der Waals surface area contributed by atoms with Gasteiger partial charge in [-0.25, -0.2) is 18.7 Å². The van der Waals surface area contributed by atoms with Gasteiger partial charge in [-0.2, -0.15) is 12.8 Å². The summed E-state index contributed by atoms with van der Waals surface area (Å²) in [7, 11) is -2.71. The minimum Gasteiger partial charge on any atom is -0.497 e. The lowest BCUT2D eigenvalue weighted by atomic mass is 10.1. The molecule has 0 atom stereocenters. The standard InChI is InChI=1S/C20H19F2N3O3S/c1-13-9-16(28-3)8-7-15(13)12-25(19-6-4-5-18(22)24-19)29(26,27)20-10-14(2)17(21)11-23-20/h4-11H,12H2,1-3H3. The van der Waals surface area contributed by atoms with Crippen molar-refractivity contribution >= 4 is 15.8 Å². The van der Waals surface area contributed by atoms with E-state index in [1.807, 2.05) is 6.92 Å². The molecule has 3 aromatic rings. The molecular weight excluding hydrogens is 400 g/mol. The van der Waals surface area contributed by atoms with Crippen molar-refractivity contribution in [1.29, 1.82) is 0 Å². The third-order valence-electron chi connectivity index (χ3n) is 4.40. The predicted octanol–water partition coefficient (Wildman–Crippen LogP) is 3.78. The Morgan fingerprint density at radius 1 is 1.07 bits per heavy atom. The van der Waals surface area contributed by atoms with Crippen LogP contribution < -0.4 is 9.04 Å². The van der Waals surface area contributed by atoms with Gasteiger partial charge in [0.25, 0.3) is 10.0 Å². The Morgan fingerprint density at radius 3 is 2.45 bits per heavy atom. The van der Waals surface area contributed by atoms with Gasteiger partial charge in [0.2, 0.25) is 5.95 Å². The fourth-order valence-electron chi connectivity index (χ4n) is 2.72. The summed E-state index contributed by atoms with van der Waals surface area (Å²) in [6, 6.07) is 10.2. The molecule has 0 aliphatic rings. The van der Waals surface area contributed by atoms with E-state index in [1.165, 1.54) is 26.2 Å². The van der Waals surface area contributed by atoms with E-state index >= 15 is 0 Å². The molecule has 1 aromatic carbocycles. The quantitative estimate of drug-likeness (QED) is 0.569. The number of methoxy groups -OCH3 is 1. The molecule has 0 spiro atoms. The van der Waals surface area contributed by atoms with Crippen molar-refractivity contribution in [3.63, 3.8) is 0 Å². The highest BCUT2D eigenvalue weighted by Gasteiger charge is 2.29. The van der Waals surface area contributed by atoms with E-state index in [-0.39, 0.29) is 23.0 Å². The Kier molecular flexibility index (Phi) is 5.78. The van der Waals surface area contributed by atoms with E-state index in [4.69, 9.17) is 4.74 Å². The van der Waals surface area contributed by atoms with Gasteiger partial charge in [-0.15, -0.1) is 0 Å². The lowest BCUT2D eigenvalue weighted by Gasteiger charge is -2.24. The maximum absolute atomic E-state index is 13.7. The summed E-state index contributed by atoms with van der Waals surface area (Å²) in [4.78, 5) is 7.44. The first kappa shape index (κ1) is 20.7. The van der Waals surface area contributed by atoms with Crippen LogP contribution in [0.5, 0.6) is 5.75 Å². The number of sulfonamides is 1. The fraction of sp³-hybridized carbons (Fsp3) is 0.200. The number of pyridine rings is 2. The molecule has 0 fully saturated rings. The van der Waals surface area contributed by atoms with Crippen LogP contribution >= 0.6 is 0 Å². The van der Waals surface area contributed by atoms with Gasteiger partial charge in [0.1, 0.15) is 17.4 Å². The zero-order valence-corrected chi connectivity index (χ0v) is 16.9. The molecule has 0 saturated carbocycles. The summed E-state index contributed by atoms with van der Waals surface area (Å²) in [5.74, 6) is -0.924. The minimum absolute atomic E-state index is 0.107. The number of nitrogens with zero attached hydrogens (tertiary/aromatic N) is 3. The van der Waals surface area contributed by atoms with Crippen LogP contribution in [-0.4, -0.2) is 25.5 Å². The molecule has 0 aliphatic heterocycles. The first-order valence-corrected chi connectivity index (χ1v) is 10.1. The maximum atomic E-state index is 13.7. The molecular formula is C20H19F2N3O3S. The third-order valence-corrected chi connectivity index (χ3v) is 6.04. The Balaban J connectivity index is 2.11. The Bertz CT molecular complexity index is 1150. The molecule has 0 radical (unpaired) electrons. The minimum atomic E-state index is -4.25. The zero-order valence-electron chi connectivity index (χ0n) is 16.1. The fourth-order valence-corrected chi connectivity index (χ4v) is 4.11. The van der Waals surface area contributed by atoms with Crippen LogP contribution in [0.1, 0.15) is 16.7 Å². The van der Waals surface area contributed by atoms with Crippen molar-refractivity contribution in [2.45, 2.75) is 25.4 Å². The van der Waals surface area contributed by atoms with Gasteiger partial charge in [-0.3, -0.25) is 0 Å². The normalized spacial score (nSPS) is 11.3. The molecule has 0 N–H and O–H groups in total. The molecule has 29 heavy (non-hydrogen) atoms. The van der Waals surface area contributed by atoms with E-state index < -0.39 is 21.8 Å². The average molecular weight is 419 g/mol. The summed E-state index contributed by atoms with van der Waals surface area (Å²) in [6.45, 7) is 3.13. The van der Waals surface area contributed by atoms with E-state index in [9.17, 15) is 17.2 Å². The molecule has 3 rings (SSSR count). The van der Waals surface area contributed by atoms with Gasteiger partial charge in [0.15, 0.2) is 5.03 Å². The van der Waals surface area contributed by atoms with Crippen molar-refractivity contribution in [1.82, 2.24) is 9.97 Å². The van der Waals surface area contributed by atoms with Gasteiger partial charge < -0.3 is 4.74 Å². The number of anilines is 1. The van der Waals surface area contributed by atoms with Crippen LogP contribution in [-0.2, 0) is 16.6 Å². The number of rotatable bonds is 6. The monoisotopic (exact) mass is 419 g/mol. The van der Waals surface area contributed by atoms with Crippen molar-refractivity contribution in [2.24, 2.45) is 0 Å². The molecule has 0 saturated heterocycles. The van der Waals surface area contributed by atoms with E-state index in [0.29, 0.717) is 11.3 Å². The van der Waals surface area contributed by atoms with Crippen LogP contribution in [0.2, 0.25) is 0 Å². The van der Waals surface area contributed by atoms with Crippen LogP contribution in [0.15, 0.2) is 53.7 Å². The second kappa shape index (κ2) is 8.12. The molecule has 0 bridgehead atoms. The number of hydrogen-bond donors (Lipinski definition) is 0. The number of halogens is 2. The molecule has 9 heteroatoms. The summed E-state index contributed by atoms with van der Waals surface area (Å²) in [6.07, 6.45) is 0.845. The third kappa shape index (κ3) is 4.34. The second-order valence-electron chi connectivity index (χ2n) is 6.39. The van der Waals surface area contributed by atoms with Gasteiger partial charge >= 0.3 is 0 Å². The number of ether oxygens (including phenoxy) is 1. The number of hydrogen-bond acceptors (Lipinski definition) is 5. The number of aromatic nitrogens is 2. The van der Waals surface area contributed by atoms with Crippen molar-refractivity contribution < 1.29 is 21.9 Å². The lowest BCUT2D eigenvalue weighted by molar-refractivity contribution is 0.414. The molecule has 152 valence electrons. The topological polar surface area (TPSA) is 72.4 Å². The number of benzene rings is 1. The maximum Gasteiger partial charge on any atom is 0.283 e. The van der Waals surface area contributed by atoms with E-state index in [1.54, 1.807) is 18.2 Å². The summed E-state index contributed by atoms with van der Waals surface area (Å²) < 4.78 is 60.1. The molecule has 2 aromatic heterocycles. The zero-order chi connectivity index (χ0) is 21.2. The van der Waals surface area contributed by atoms with E-state index in [2.05, 4.69) is 9.97 Å². The Morgan fingerprint density at radius 2 is 1.83 bits per heavy atom. The second-order valence-corrected chi connectivity index (χ2v) is 8.20. The highest BCUT2D eigenvalue weighted by Crippen LogP contribution is 2.26. The molecule has 2 heterocycles. The molecule has 0 unspecified atom stereocenters. The summed E-state index contributed by atoms with van der Waals surface area (Å²) >= 11 is 0. The molecule has 0 aliphatic carbocycles. The van der Waals surface area contributed by atoms with Gasteiger partial charge in [0, 0.05) is 0 Å². The summed E-state index contributed by atoms with van der Waals surface area (Å²) in [5.41, 5.74) is 1.58. The summed E-state index contributed by atoms with van der Waals surface area (Å²) in [5, 5.41) is -0.353. The van der Waals surface area contributed by atoms with Crippen molar-refractivity contribution in [3.8, 4) is 5.75 Å². The van der Waals surface area contributed by atoms with Crippen LogP contribution in [0, 0.1) is 25.6 Å². The van der Waals surface area contributed by atoms with Gasteiger partial charge in [-0.05, 0) is 60.9 Å². The Labute approximate surface area is 167 Å². The Hall–Kier alpha value is -3.07. The highest BCUT2D eigenvalue weighted by atomic mass is 32.2.